The first-order chi connectivity index (χ1) is 12.8. The number of nitrogens with zero attached hydrogens (tertiary/aromatic N) is 1. The summed E-state index contributed by atoms with van der Waals surface area (Å²) < 4.78 is 13.0. The van der Waals surface area contributed by atoms with Gasteiger partial charge in [-0.3, -0.25) is 19.3 Å². The summed E-state index contributed by atoms with van der Waals surface area (Å²) in [5.41, 5.74) is 1.70. The molecule has 2 aromatic rings. The molecule has 1 aliphatic rings. The molecule has 0 bridgehead atoms. The summed E-state index contributed by atoms with van der Waals surface area (Å²) in [5, 5.41) is 11.5. The first kappa shape index (κ1) is 18.7. The smallest absolute Gasteiger partial charge is 0.294 e. The van der Waals surface area contributed by atoms with Crippen LogP contribution in [0.15, 0.2) is 47.4 Å². The van der Waals surface area contributed by atoms with Crippen molar-refractivity contribution in [2.24, 2.45) is 0 Å². The van der Waals surface area contributed by atoms with Crippen LogP contribution in [0.25, 0.3) is 6.08 Å². The van der Waals surface area contributed by atoms with Gasteiger partial charge in [-0.1, -0.05) is 12.1 Å². The third-order valence-electron chi connectivity index (χ3n) is 3.83. The standard InChI is InChI=1S/C19H15FN2O4S/c1-11-8-14(23)6-7-15(11)21-17(24)10-22-18(25)16(27-19(22)26)9-12-2-4-13(20)5-3-12/h2-9,23H,10H2,1H3,(H,21,24)/b16-9-. The monoisotopic (exact) mass is 386 g/mol. The Morgan fingerprint density at radius 2 is 1.93 bits per heavy atom. The maximum absolute atomic E-state index is 13.0. The van der Waals surface area contributed by atoms with Crippen LogP contribution in [0.2, 0.25) is 0 Å². The quantitative estimate of drug-likeness (QED) is 0.620. The van der Waals surface area contributed by atoms with E-state index in [4.69, 9.17) is 0 Å². The van der Waals surface area contributed by atoms with Crippen LogP contribution < -0.4 is 5.32 Å². The van der Waals surface area contributed by atoms with Crippen molar-refractivity contribution in [2.45, 2.75) is 6.92 Å². The fraction of sp³-hybridized carbons (Fsp3) is 0.105. The average molecular weight is 386 g/mol. The summed E-state index contributed by atoms with van der Waals surface area (Å²) in [6.45, 7) is 1.28. The minimum atomic E-state index is -0.577. The highest BCUT2D eigenvalue weighted by molar-refractivity contribution is 8.18. The number of carbonyl (C=O) groups excluding carboxylic acids is 3. The molecule has 0 aromatic heterocycles. The minimum Gasteiger partial charge on any atom is -0.508 e. The van der Waals surface area contributed by atoms with Gasteiger partial charge in [-0.2, -0.15) is 0 Å². The normalized spacial score (nSPS) is 15.5. The predicted octanol–water partition coefficient (Wildman–Crippen LogP) is 3.51. The second-order valence-electron chi connectivity index (χ2n) is 5.87. The van der Waals surface area contributed by atoms with E-state index in [9.17, 15) is 23.9 Å². The Kier molecular flexibility index (Phi) is 5.27. The number of phenols is 1. The number of aromatic hydroxyl groups is 1. The van der Waals surface area contributed by atoms with Crippen molar-refractivity contribution < 1.29 is 23.9 Å². The number of imide groups is 1. The van der Waals surface area contributed by atoms with Crippen LogP contribution in [0, 0.1) is 12.7 Å². The molecule has 8 heteroatoms. The molecule has 1 fully saturated rings. The number of nitrogens with one attached hydrogen (secondary N) is 1. The van der Waals surface area contributed by atoms with Gasteiger partial charge in [0.15, 0.2) is 0 Å². The number of anilines is 1. The van der Waals surface area contributed by atoms with E-state index in [0.717, 1.165) is 16.7 Å². The second kappa shape index (κ2) is 7.63. The van der Waals surface area contributed by atoms with Gasteiger partial charge < -0.3 is 10.4 Å². The van der Waals surface area contributed by atoms with Gasteiger partial charge in [0, 0.05) is 5.69 Å². The van der Waals surface area contributed by atoms with Crippen LogP contribution in [-0.2, 0) is 9.59 Å². The summed E-state index contributed by atoms with van der Waals surface area (Å²) in [4.78, 5) is 37.7. The molecule has 6 nitrogen and oxygen atoms in total. The first-order valence-corrected chi connectivity index (χ1v) is 8.75. The molecule has 0 unspecified atom stereocenters. The van der Waals surface area contributed by atoms with Gasteiger partial charge in [0.1, 0.15) is 18.1 Å². The number of hydrogen-bond acceptors (Lipinski definition) is 5. The van der Waals surface area contributed by atoms with Crippen LogP contribution in [-0.4, -0.2) is 33.6 Å². The van der Waals surface area contributed by atoms with Gasteiger partial charge >= 0.3 is 0 Å². The SMILES string of the molecule is Cc1cc(O)ccc1NC(=O)CN1C(=O)S/C(=C\c2ccc(F)cc2)C1=O. The lowest BCUT2D eigenvalue weighted by Crippen LogP contribution is -2.36. The number of benzene rings is 2. The summed E-state index contributed by atoms with van der Waals surface area (Å²) in [5.74, 6) is -1.44. The highest BCUT2D eigenvalue weighted by Crippen LogP contribution is 2.32. The van der Waals surface area contributed by atoms with Crippen LogP contribution in [0.3, 0.4) is 0 Å². The maximum atomic E-state index is 13.0. The van der Waals surface area contributed by atoms with Gasteiger partial charge in [0.2, 0.25) is 5.91 Å². The van der Waals surface area contributed by atoms with E-state index in [2.05, 4.69) is 5.32 Å². The van der Waals surface area contributed by atoms with Crippen LogP contribution in [0.5, 0.6) is 5.75 Å². The third kappa shape index (κ3) is 4.35. The van der Waals surface area contributed by atoms with E-state index in [-0.39, 0.29) is 10.7 Å². The number of halogens is 1. The number of rotatable bonds is 4. The molecule has 138 valence electrons. The molecule has 0 saturated carbocycles. The lowest BCUT2D eigenvalue weighted by molar-refractivity contribution is -0.127. The molecule has 0 spiro atoms. The van der Waals surface area contributed by atoms with Crippen molar-refractivity contribution in [3.8, 4) is 5.75 Å². The van der Waals surface area contributed by atoms with Crippen molar-refractivity contribution in [1.29, 1.82) is 0 Å². The van der Waals surface area contributed by atoms with Crippen molar-refractivity contribution in [2.75, 3.05) is 11.9 Å². The molecule has 3 rings (SSSR count). The lowest BCUT2D eigenvalue weighted by Gasteiger charge is -2.13. The van der Waals surface area contributed by atoms with Crippen molar-refractivity contribution >= 4 is 40.6 Å². The average Bonchev–Trinajstić information content (AvgIpc) is 2.87. The van der Waals surface area contributed by atoms with E-state index in [1.165, 1.54) is 48.5 Å². The Balaban J connectivity index is 1.69. The van der Waals surface area contributed by atoms with E-state index < -0.39 is 29.4 Å². The molecule has 2 N–H and O–H groups in total. The van der Waals surface area contributed by atoms with Crippen LogP contribution in [0.1, 0.15) is 11.1 Å². The molecule has 1 heterocycles. The van der Waals surface area contributed by atoms with E-state index in [0.29, 0.717) is 16.8 Å². The first-order valence-electron chi connectivity index (χ1n) is 7.94. The highest BCUT2D eigenvalue weighted by atomic mass is 32.2. The minimum absolute atomic E-state index is 0.0716. The van der Waals surface area contributed by atoms with Gasteiger partial charge in [-0.25, -0.2) is 4.39 Å². The van der Waals surface area contributed by atoms with Gasteiger partial charge in [0.25, 0.3) is 11.1 Å². The fourth-order valence-electron chi connectivity index (χ4n) is 2.47. The Labute approximate surface area is 158 Å². The maximum Gasteiger partial charge on any atom is 0.294 e. The molecular weight excluding hydrogens is 371 g/mol. The van der Waals surface area contributed by atoms with Crippen molar-refractivity contribution in [3.63, 3.8) is 0 Å². The lowest BCUT2D eigenvalue weighted by atomic mass is 10.2. The third-order valence-corrected chi connectivity index (χ3v) is 4.73. The van der Waals surface area contributed by atoms with E-state index >= 15 is 0 Å². The van der Waals surface area contributed by atoms with Crippen molar-refractivity contribution in [1.82, 2.24) is 4.90 Å². The number of aryl methyl sites for hydroxylation is 1. The van der Waals surface area contributed by atoms with E-state index in [1.54, 1.807) is 6.92 Å². The Morgan fingerprint density at radius 1 is 1.22 bits per heavy atom. The zero-order valence-electron chi connectivity index (χ0n) is 14.2. The largest absolute Gasteiger partial charge is 0.508 e. The predicted molar refractivity (Wildman–Crippen MR) is 101 cm³/mol. The molecule has 0 atom stereocenters. The summed E-state index contributed by atoms with van der Waals surface area (Å²) in [7, 11) is 0. The van der Waals surface area contributed by atoms with Crippen molar-refractivity contribution in [3.05, 3.63) is 64.3 Å². The van der Waals surface area contributed by atoms with Gasteiger partial charge in [-0.05, 0) is 66.2 Å². The molecular formula is C19H15FN2O4S. The summed E-state index contributed by atoms with van der Waals surface area (Å²) in [6, 6.07) is 9.93. The number of carbonyl (C=O) groups is 3. The number of thioether (sulfide) groups is 1. The van der Waals surface area contributed by atoms with Gasteiger partial charge in [-0.15, -0.1) is 0 Å². The fourth-order valence-corrected chi connectivity index (χ4v) is 3.31. The Morgan fingerprint density at radius 3 is 2.59 bits per heavy atom. The summed E-state index contributed by atoms with van der Waals surface area (Å²) in [6.07, 6.45) is 1.48. The Bertz CT molecular complexity index is 957. The number of amides is 3. The molecule has 1 aliphatic heterocycles. The molecule has 1 saturated heterocycles. The molecule has 27 heavy (non-hydrogen) atoms. The zero-order valence-corrected chi connectivity index (χ0v) is 15.0. The molecule has 0 aliphatic carbocycles. The Hall–Kier alpha value is -3.13. The topological polar surface area (TPSA) is 86.7 Å². The van der Waals surface area contributed by atoms with Crippen LogP contribution >= 0.6 is 11.8 Å². The highest BCUT2D eigenvalue weighted by Gasteiger charge is 2.36. The number of phenolic OH excluding ortho intramolecular Hbond substituents is 1. The number of hydrogen-bond donors (Lipinski definition) is 2. The van der Waals surface area contributed by atoms with Gasteiger partial charge in [0.05, 0.1) is 4.91 Å². The molecule has 0 radical (unpaired) electrons. The second-order valence-corrected chi connectivity index (χ2v) is 6.86. The molecule has 3 amide bonds. The molecule has 2 aromatic carbocycles. The summed E-state index contributed by atoms with van der Waals surface area (Å²) >= 11 is 0.726. The zero-order chi connectivity index (χ0) is 19.6. The van der Waals surface area contributed by atoms with E-state index in [1.807, 2.05) is 0 Å². The van der Waals surface area contributed by atoms with Crippen LogP contribution in [0.4, 0.5) is 14.9 Å².